The van der Waals surface area contributed by atoms with Crippen LogP contribution in [0.5, 0.6) is 0 Å². The number of amides is 2. The summed E-state index contributed by atoms with van der Waals surface area (Å²) in [6.45, 7) is 7.45. The molecule has 1 atom stereocenters. The van der Waals surface area contributed by atoms with Gasteiger partial charge in [-0.3, -0.25) is 0 Å². The molecule has 1 aromatic heterocycles. The number of urea groups is 1. The van der Waals surface area contributed by atoms with Crippen LogP contribution in [0.1, 0.15) is 24.8 Å². The van der Waals surface area contributed by atoms with E-state index in [9.17, 15) is 4.79 Å². The molecule has 1 saturated heterocycles. The SMILES string of the molecule is CC[C@H]1COCCN1C(=O)Nc1c(C)noc1C. The van der Waals surface area contributed by atoms with Crippen molar-refractivity contribution in [3.05, 3.63) is 11.5 Å². The molecule has 18 heavy (non-hydrogen) atoms. The van der Waals surface area contributed by atoms with Crippen LogP contribution >= 0.6 is 0 Å². The molecule has 2 rings (SSSR count). The third-order valence-corrected chi connectivity index (χ3v) is 3.22. The Morgan fingerprint density at radius 2 is 2.33 bits per heavy atom. The van der Waals surface area contributed by atoms with Crippen molar-refractivity contribution in [1.82, 2.24) is 10.1 Å². The molecule has 0 aliphatic carbocycles. The molecule has 6 nitrogen and oxygen atoms in total. The second kappa shape index (κ2) is 5.39. The van der Waals surface area contributed by atoms with Gasteiger partial charge in [-0.05, 0) is 20.3 Å². The number of nitrogens with zero attached hydrogens (tertiary/aromatic N) is 2. The van der Waals surface area contributed by atoms with Crippen molar-refractivity contribution in [2.45, 2.75) is 33.2 Å². The third kappa shape index (κ3) is 2.48. The molecule has 0 radical (unpaired) electrons. The third-order valence-electron chi connectivity index (χ3n) is 3.22. The van der Waals surface area contributed by atoms with Gasteiger partial charge in [-0.2, -0.15) is 0 Å². The summed E-state index contributed by atoms with van der Waals surface area (Å²) in [7, 11) is 0. The lowest BCUT2D eigenvalue weighted by Gasteiger charge is -2.34. The van der Waals surface area contributed by atoms with Gasteiger partial charge in [0.1, 0.15) is 11.4 Å². The zero-order valence-electron chi connectivity index (χ0n) is 11.0. The Hall–Kier alpha value is -1.56. The Kier molecular flexibility index (Phi) is 3.86. The van der Waals surface area contributed by atoms with Gasteiger partial charge >= 0.3 is 6.03 Å². The number of aromatic nitrogens is 1. The largest absolute Gasteiger partial charge is 0.377 e. The van der Waals surface area contributed by atoms with E-state index in [2.05, 4.69) is 17.4 Å². The summed E-state index contributed by atoms with van der Waals surface area (Å²) in [6.07, 6.45) is 0.884. The average Bonchev–Trinajstić information content (AvgIpc) is 2.70. The van der Waals surface area contributed by atoms with Crippen molar-refractivity contribution in [2.24, 2.45) is 0 Å². The maximum absolute atomic E-state index is 12.2. The monoisotopic (exact) mass is 253 g/mol. The summed E-state index contributed by atoms with van der Waals surface area (Å²) in [5.74, 6) is 0.627. The first-order valence-corrected chi connectivity index (χ1v) is 6.21. The fraction of sp³-hybridized carbons (Fsp3) is 0.667. The van der Waals surface area contributed by atoms with Crippen LogP contribution in [-0.2, 0) is 4.74 Å². The number of nitrogens with one attached hydrogen (secondary N) is 1. The summed E-state index contributed by atoms with van der Waals surface area (Å²) in [5, 5.41) is 6.69. The van der Waals surface area contributed by atoms with Gasteiger partial charge in [0.25, 0.3) is 0 Å². The molecular formula is C12H19N3O3. The first kappa shape index (κ1) is 12.9. The van der Waals surface area contributed by atoms with Crippen LogP contribution in [-0.4, -0.2) is 41.9 Å². The maximum Gasteiger partial charge on any atom is 0.322 e. The summed E-state index contributed by atoms with van der Waals surface area (Å²) >= 11 is 0. The molecule has 0 saturated carbocycles. The summed E-state index contributed by atoms with van der Waals surface area (Å²) in [5.41, 5.74) is 1.36. The highest BCUT2D eigenvalue weighted by atomic mass is 16.5. The Morgan fingerprint density at radius 1 is 1.56 bits per heavy atom. The molecule has 0 spiro atoms. The maximum atomic E-state index is 12.2. The molecule has 1 aliphatic rings. The molecule has 6 heteroatoms. The van der Waals surface area contributed by atoms with E-state index in [4.69, 9.17) is 9.26 Å². The Balaban J connectivity index is 2.07. The fourth-order valence-electron chi connectivity index (χ4n) is 2.10. The van der Waals surface area contributed by atoms with E-state index >= 15 is 0 Å². The van der Waals surface area contributed by atoms with Crippen LogP contribution in [0.4, 0.5) is 10.5 Å². The van der Waals surface area contributed by atoms with E-state index in [1.165, 1.54) is 0 Å². The van der Waals surface area contributed by atoms with Gasteiger partial charge in [0.15, 0.2) is 5.76 Å². The summed E-state index contributed by atoms with van der Waals surface area (Å²) < 4.78 is 10.4. The van der Waals surface area contributed by atoms with E-state index < -0.39 is 0 Å². The zero-order chi connectivity index (χ0) is 13.1. The number of carbonyl (C=O) groups is 1. The van der Waals surface area contributed by atoms with Gasteiger partial charge in [-0.25, -0.2) is 4.79 Å². The minimum Gasteiger partial charge on any atom is -0.377 e. The number of ether oxygens (including phenoxy) is 1. The Morgan fingerprint density at radius 3 is 2.94 bits per heavy atom. The standard InChI is InChI=1S/C12H19N3O3/c1-4-10-7-17-6-5-15(10)12(16)13-11-8(2)14-18-9(11)3/h10H,4-7H2,1-3H3,(H,13,16)/t10-/m0/s1. The van der Waals surface area contributed by atoms with E-state index in [0.717, 1.165) is 6.42 Å². The predicted octanol–water partition coefficient (Wildman–Crippen LogP) is 1.93. The quantitative estimate of drug-likeness (QED) is 0.874. The normalized spacial score (nSPS) is 19.9. The number of carbonyl (C=O) groups excluding carboxylic acids is 1. The van der Waals surface area contributed by atoms with Crippen LogP contribution in [0.2, 0.25) is 0 Å². The predicted molar refractivity (Wildman–Crippen MR) is 66.6 cm³/mol. The molecular weight excluding hydrogens is 234 g/mol. The van der Waals surface area contributed by atoms with Gasteiger partial charge in [-0.1, -0.05) is 12.1 Å². The molecule has 0 bridgehead atoms. The molecule has 1 aliphatic heterocycles. The van der Waals surface area contributed by atoms with Crippen LogP contribution in [0, 0.1) is 13.8 Å². The minimum absolute atomic E-state index is 0.112. The van der Waals surface area contributed by atoms with Gasteiger partial charge in [-0.15, -0.1) is 0 Å². The van der Waals surface area contributed by atoms with Crippen molar-refractivity contribution in [3.63, 3.8) is 0 Å². The van der Waals surface area contributed by atoms with Crippen LogP contribution in [0.3, 0.4) is 0 Å². The zero-order valence-corrected chi connectivity index (χ0v) is 11.0. The molecule has 100 valence electrons. The molecule has 1 fully saturated rings. The molecule has 1 aromatic rings. The van der Waals surface area contributed by atoms with Crippen molar-refractivity contribution in [3.8, 4) is 0 Å². The fourth-order valence-corrected chi connectivity index (χ4v) is 2.10. The molecule has 1 N–H and O–H groups in total. The van der Waals surface area contributed by atoms with Crippen LogP contribution in [0.25, 0.3) is 0 Å². The minimum atomic E-state index is -0.112. The van der Waals surface area contributed by atoms with Crippen LogP contribution in [0.15, 0.2) is 4.52 Å². The Bertz CT molecular complexity index is 411. The number of aryl methyl sites for hydroxylation is 2. The summed E-state index contributed by atoms with van der Waals surface area (Å²) in [4.78, 5) is 14.0. The average molecular weight is 253 g/mol. The second-order valence-electron chi connectivity index (χ2n) is 4.46. The molecule has 0 unspecified atom stereocenters. The number of anilines is 1. The number of rotatable bonds is 2. The highest BCUT2D eigenvalue weighted by Gasteiger charge is 2.27. The second-order valence-corrected chi connectivity index (χ2v) is 4.46. The van der Waals surface area contributed by atoms with E-state index in [1.54, 1.807) is 6.92 Å². The van der Waals surface area contributed by atoms with Crippen molar-refractivity contribution < 1.29 is 14.1 Å². The van der Waals surface area contributed by atoms with E-state index in [1.807, 2.05) is 11.8 Å². The lowest BCUT2D eigenvalue weighted by atomic mass is 10.2. The lowest BCUT2D eigenvalue weighted by Crippen LogP contribution is -2.50. The highest BCUT2D eigenvalue weighted by molar-refractivity contribution is 5.90. The van der Waals surface area contributed by atoms with Crippen molar-refractivity contribution >= 4 is 11.7 Å². The molecule has 2 amide bonds. The van der Waals surface area contributed by atoms with Gasteiger partial charge in [0.2, 0.25) is 0 Å². The number of hydrogen-bond acceptors (Lipinski definition) is 4. The molecule has 2 heterocycles. The van der Waals surface area contributed by atoms with E-state index in [-0.39, 0.29) is 12.1 Å². The number of morpholine rings is 1. The lowest BCUT2D eigenvalue weighted by molar-refractivity contribution is 0.0144. The van der Waals surface area contributed by atoms with E-state index in [0.29, 0.717) is 36.9 Å². The smallest absolute Gasteiger partial charge is 0.322 e. The van der Waals surface area contributed by atoms with Gasteiger partial charge in [0, 0.05) is 6.54 Å². The van der Waals surface area contributed by atoms with Crippen molar-refractivity contribution in [1.29, 1.82) is 0 Å². The number of hydrogen-bond donors (Lipinski definition) is 1. The first-order chi connectivity index (χ1) is 8.63. The first-order valence-electron chi connectivity index (χ1n) is 6.21. The summed E-state index contributed by atoms with van der Waals surface area (Å²) in [6, 6.07) is 0.0266. The highest BCUT2D eigenvalue weighted by Crippen LogP contribution is 2.20. The molecule has 0 aromatic carbocycles. The van der Waals surface area contributed by atoms with Crippen LogP contribution < -0.4 is 5.32 Å². The van der Waals surface area contributed by atoms with Crippen molar-refractivity contribution in [2.75, 3.05) is 25.1 Å². The topological polar surface area (TPSA) is 67.6 Å². The Labute approximate surface area is 106 Å². The van der Waals surface area contributed by atoms with Gasteiger partial charge < -0.3 is 19.5 Å². The van der Waals surface area contributed by atoms with Gasteiger partial charge in [0.05, 0.1) is 19.3 Å².